The van der Waals surface area contributed by atoms with E-state index in [1.165, 1.54) is 0 Å². The highest BCUT2D eigenvalue weighted by atomic mass is 19.3. The van der Waals surface area contributed by atoms with Crippen LogP contribution in [0.3, 0.4) is 0 Å². The smallest absolute Gasteiger partial charge is 0.307 e. The standard InChI is InChI=1S/C8H8F2O2/c1-3-5-4-6(11)12-7(5)8(2,9)10/h1,5,7H,4H2,2H3. The summed E-state index contributed by atoms with van der Waals surface area (Å²) in [6, 6.07) is 0. The number of alkyl halides is 2. The van der Waals surface area contributed by atoms with Crippen molar-refractivity contribution in [1.82, 2.24) is 0 Å². The van der Waals surface area contributed by atoms with Crippen molar-refractivity contribution in [1.29, 1.82) is 0 Å². The Balaban J connectivity index is 2.79. The molecular weight excluding hydrogens is 166 g/mol. The van der Waals surface area contributed by atoms with Crippen LogP contribution in [0.4, 0.5) is 8.78 Å². The van der Waals surface area contributed by atoms with Gasteiger partial charge in [-0.3, -0.25) is 4.79 Å². The zero-order valence-corrected chi connectivity index (χ0v) is 6.51. The summed E-state index contributed by atoms with van der Waals surface area (Å²) in [6.07, 6.45) is 3.41. The molecule has 0 aliphatic carbocycles. The lowest BCUT2D eigenvalue weighted by atomic mass is 9.98. The van der Waals surface area contributed by atoms with E-state index in [1.807, 2.05) is 0 Å². The number of terminal acetylenes is 1. The minimum Gasteiger partial charge on any atom is -0.455 e. The molecule has 0 radical (unpaired) electrons. The van der Waals surface area contributed by atoms with Crippen LogP contribution in [0.25, 0.3) is 0 Å². The molecule has 1 heterocycles. The summed E-state index contributed by atoms with van der Waals surface area (Å²) in [5.74, 6) is -2.37. The fraction of sp³-hybridized carbons (Fsp3) is 0.625. The number of rotatable bonds is 1. The first-order valence-corrected chi connectivity index (χ1v) is 3.48. The lowest BCUT2D eigenvalue weighted by Crippen LogP contribution is -2.34. The first-order valence-electron chi connectivity index (χ1n) is 3.48. The van der Waals surface area contributed by atoms with E-state index in [4.69, 9.17) is 6.42 Å². The molecule has 4 heteroatoms. The minimum absolute atomic E-state index is 0.107. The molecule has 0 spiro atoms. The van der Waals surface area contributed by atoms with Gasteiger partial charge in [-0.15, -0.1) is 6.42 Å². The van der Waals surface area contributed by atoms with E-state index in [0.29, 0.717) is 6.92 Å². The van der Waals surface area contributed by atoms with Crippen molar-refractivity contribution >= 4 is 5.97 Å². The zero-order valence-electron chi connectivity index (χ0n) is 6.51. The van der Waals surface area contributed by atoms with E-state index in [-0.39, 0.29) is 6.42 Å². The van der Waals surface area contributed by atoms with Crippen LogP contribution in [0.15, 0.2) is 0 Å². The maximum Gasteiger partial charge on any atom is 0.307 e. The number of esters is 1. The molecule has 1 rings (SSSR count). The molecule has 1 fully saturated rings. The lowest BCUT2D eigenvalue weighted by Gasteiger charge is -2.19. The summed E-state index contributed by atoms with van der Waals surface area (Å²) in [4.78, 5) is 10.6. The van der Waals surface area contributed by atoms with Crippen molar-refractivity contribution in [2.45, 2.75) is 25.4 Å². The minimum atomic E-state index is -3.05. The van der Waals surface area contributed by atoms with Gasteiger partial charge in [0.15, 0.2) is 6.10 Å². The molecular formula is C8H8F2O2. The fourth-order valence-corrected chi connectivity index (χ4v) is 1.16. The first kappa shape index (κ1) is 8.98. The van der Waals surface area contributed by atoms with E-state index in [2.05, 4.69) is 10.7 Å². The van der Waals surface area contributed by atoms with Gasteiger partial charge in [0.2, 0.25) is 0 Å². The van der Waals surface area contributed by atoms with E-state index >= 15 is 0 Å². The molecule has 0 aromatic carbocycles. The van der Waals surface area contributed by atoms with Gasteiger partial charge >= 0.3 is 5.97 Å². The average Bonchev–Trinajstić information content (AvgIpc) is 2.29. The van der Waals surface area contributed by atoms with Gasteiger partial charge in [-0.1, -0.05) is 5.92 Å². The average molecular weight is 174 g/mol. The summed E-state index contributed by atoms with van der Waals surface area (Å²) in [5, 5.41) is 0. The molecule has 2 atom stereocenters. The van der Waals surface area contributed by atoms with Crippen molar-refractivity contribution in [3.63, 3.8) is 0 Å². The zero-order chi connectivity index (χ0) is 9.35. The molecule has 0 aromatic heterocycles. The lowest BCUT2D eigenvalue weighted by molar-refractivity contribution is -0.158. The van der Waals surface area contributed by atoms with E-state index < -0.39 is 23.9 Å². The molecule has 0 N–H and O–H groups in total. The highest BCUT2D eigenvalue weighted by Crippen LogP contribution is 2.33. The second-order valence-corrected chi connectivity index (χ2v) is 2.84. The van der Waals surface area contributed by atoms with Gasteiger partial charge in [0.25, 0.3) is 5.92 Å². The van der Waals surface area contributed by atoms with Crippen LogP contribution in [0, 0.1) is 18.3 Å². The number of cyclic esters (lactones) is 1. The van der Waals surface area contributed by atoms with Crippen molar-refractivity contribution in [3.05, 3.63) is 0 Å². The molecule has 12 heavy (non-hydrogen) atoms. The third kappa shape index (κ3) is 1.55. The van der Waals surface area contributed by atoms with Crippen LogP contribution in [-0.4, -0.2) is 18.0 Å². The predicted molar refractivity (Wildman–Crippen MR) is 37.4 cm³/mol. The summed E-state index contributed by atoms with van der Waals surface area (Å²) in [6.45, 7) is 0.695. The van der Waals surface area contributed by atoms with Crippen molar-refractivity contribution < 1.29 is 18.3 Å². The third-order valence-corrected chi connectivity index (χ3v) is 1.72. The molecule has 1 aliphatic heterocycles. The molecule has 1 aliphatic rings. The molecule has 66 valence electrons. The number of carbonyl (C=O) groups is 1. The Kier molecular flexibility index (Phi) is 2.05. The summed E-state index contributed by atoms with van der Waals surface area (Å²) in [5.41, 5.74) is 0. The van der Waals surface area contributed by atoms with Crippen LogP contribution in [0.1, 0.15) is 13.3 Å². The Labute approximate surface area is 68.9 Å². The van der Waals surface area contributed by atoms with Crippen molar-refractivity contribution in [2.24, 2.45) is 5.92 Å². The maximum absolute atomic E-state index is 12.7. The summed E-state index contributed by atoms with van der Waals surface area (Å²) in [7, 11) is 0. The normalized spacial score (nSPS) is 29.7. The van der Waals surface area contributed by atoms with Crippen molar-refractivity contribution in [2.75, 3.05) is 0 Å². The Bertz CT molecular complexity index is 236. The topological polar surface area (TPSA) is 26.3 Å². The highest BCUT2D eigenvalue weighted by molar-refractivity contribution is 5.73. The fourth-order valence-electron chi connectivity index (χ4n) is 1.16. The van der Waals surface area contributed by atoms with Gasteiger partial charge in [-0.25, -0.2) is 8.78 Å². The van der Waals surface area contributed by atoms with Gasteiger partial charge in [0.05, 0.1) is 12.3 Å². The quantitative estimate of drug-likeness (QED) is 0.441. The van der Waals surface area contributed by atoms with Gasteiger partial charge < -0.3 is 4.74 Å². The van der Waals surface area contributed by atoms with Crippen LogP contribution < -0.4 is 0 Å². The Morgan fingerprint density at radius 2 is 2.33 bits per heavy atom. The third-order valence-electron chi connectivity index (χ3n) is 1.72. The molecule has 2 nitrogen and oxygen atoms in total. The molecule has 0 saturated carbocycles. The number of hydrogen-bond donors (Lipinski definition) is 0. The summed E-state index contributed by atoms with van der Waals surface area (Å²) >= 11 is 0. The Morgan fingerprint density at radius 1 is 1.75 bits per heavy atom. The monoisotopic (exact) mass is 174 g/mol. The summed E-state index contributed by atoms with van der Waals surface area (Å²) < 4.78 is 29.7. The van der Waals surface area contributed by atoms with Gasteiger partial charge in [-0.05, 0) is 0 Å². The maximum atomic E-state index is 12.7. The van der Waals surface area contributed by atoms with Crippen molar-refractivity contribution in [3.8, 4) is 12.3 Å². The molecule has 0 amide bonds. The predicted octanol–water partition coefficient (Wildman–Crippen LogP) is 1.21. The van der Waals surface area contributed by atoms with E-state index in [0.717, 1.165) is 0 Å². The van der Waals surface area contributed by atoms with E-state index in [9.17, 15) is 13.6 Å². The van der Waals surface area contributed by atoms with Gasteiger partial charge in [-0.2, -0.15) is 0 Å². The highest BCUT2D eigenvalue weighted by Gasteiger charge is 2.47. The SMILES string of the molecule is C#CC1CC(=O)OC1C(C)(F)F. The molecule has 1 saturated heterocycles. The second kappa shape index (κ2) is 2.74. The Morgan fingerprint density at radius 3 is 2.67 bits per heavy atom. The molecule has 0 aromatic rings. The molecule has 2 unspecified atom stereocenters. The number of ether oxygens (including phenoxy) is 1. The Hall–Kier alpha value is -1.11. The van der Waals surface area contributed by atoms with Crippen LogP contribution in [0.2, 0.25) is 0 Å². The van der Waals surface area contributed by atoms with Gasteiger partial charge in [0.1, 0.15) is 0 Å². The van der Waals surface area contributed by atoms with Crippen LogP contribution in [0.5, 0.6) is 0 Å². The first-order chi connectivity index (χ1) is 5.45. The number of hydrogen-bond acceptors (Lipinski definition) is 2. The molecule has 0 bridgehead atoms. The van der Waals surface area contributed by atoms with E-state index in [1.54, 1.807) is 0 Å². The number of carbonyl (C=O) groups excluding carboxylic acids is 1. The largest absolute Gasteiger partial charge is 0.455 e. The second-order valence-electron chi connectivity index (χ2n) is 2.84. The van der Waals surface area contributed by atoms with Crippen LogP contribution >= 0.6 is 0 Å². The van der Waals surface area contributed by atoms with Crippen LogP contribution in [-0.2, 0) is 9.53 Å². The number of halogens is 2. The van der Waals surface area contributed by atoms with Gasteiger partial charge in [0, 0.05) is 6.92 Å².